The molecule has 2 unspecified atom stereocenters. The van der Waals surface area contributed by atoms with Crippen molar-refractivity contribution in [3.8, 4) is 0 Å². The lowest BCUT2D eigenvalue weighted by Gasteiger charge is -2.32. The summed E-state index contributed by atoms with van der Waals surface area (Å²) in [6.07, 6.45) is 2.48. The predicted octanol–water partition coefficient (Wildman–Crippen LogP) is 1.92. The summed E-state index contributed by atoms with van der Waals surface area (Å²) >= 11 is 0. The van der Waals surface area contributed by atoms with Crippen molar-refractivity contribution in [3.63, 3.8) is 0 Å². The molecule has 20 heavy (non-hydrogen) atoms. The maximum Gasteiger partial charge on any atom is 0.316 e. The topological polar surface area (TPSA) is 70.4 Å². The molecule has 1 aromatic rings. The van der Waals surface area contributed by atoms with Gasteiger partial charge in [0.2, 0.25) is 0 Å². The molecule has 1 fully saturated rings. The first-order valence-corrected chi connectivity index (χ1v) is 7.15. The number of hydrogen-bond acceptors (Lipinski definition) is 3. The molecule has 1 aromatic carbocycles. The Morgan fingerprint density at radius 2 is 2.10 bits per heavy atom. The zero-order valence-corrected chi connectivity index (χ0v) is 12.2. The minimum absolute atomic E-state index is 0.300. The van der Waals surface area contributed by atoms with Gasteiger partial charge < -0.3 is 21.3 Å². The molecule has 5 heteroatoms. The average Bonchev–Trinajstić information content (AvgIpc) is 2.38. The van der Waals surface area contributed by atoms with Gasteiger partial charge in [-0.3, -0.25) is 0 Å². The molecule has 2 amide bonds. The second kappa shape index (κ2) is 6.72. The van der Waals surface area contributed by atoms with E-state index in [2.05, 4.69) is 29.5 Å². The van der Waals surface area contributed by atoms with E-state index in [1.54, 1.807) is 0 Å². The molecule has 2 atom stereocenters. The zero-order chi connectivity index (χ0) is 14.5. The van der Waals surface area contributed by atoms with Crippen molar-refractivity contribution >= 4 is 11.7 Å². The first-order chi connectivity index (χ1) is 9.54. The van der Waals surface area contributed by atoms with Crippen LogP contribution in [0.3, 0.4) is 0 Å². The van der Waals surface area contributed by atoms with Gasteiger partial charge in [-0.1, -0.05) is 12.1 Å². The van der Waals surface area contributed by atoms with Crippen LogP contribution < -0.4 is 16.4 Å². The van der Waals surface area contributed by atoms with E-state index in [1.165, 1.54) is 24.9 Å². The van der Waals surface area contributed by atoms with Gasteiger partial charge in [0.15, 0.2) is 0 Å². The van der Waals surface area contributed by atoms with Gasteiger partial charge in [0.25, 0.3) is 0 Å². The largest absolute Gasteiger partial charge is 0.351 e. The number of benzene rings is 1. The number of amides is 2. The summed E-state index contributed by atoms with van der Waals surface area (Å²) in [5.41, 5.74) is 7.04. The Hall–Kier alpha value is -1.59. The number of nitrogens with one attached hydrogen (secondary N) is 2. The van der Waals surface area contributed by atoms with Crippen molar-refractivity contribution < 1.29 is 4.79 Å². The number of likely N-dealkylation sites (N-methyl/N-ethyl adjacent to an activating group) is 1. The highest BCUT2D eigenvalue weighted by Crippen LogP contribution is 2.18. The highest BCUT2D eigenvalue weighted by Gasteiger charge is 2.19. The first kappa shape index (κ1) is 14.8. The fourth-order valence-electron chi connectivity index (χ4n) is 2.75. The number of nitrogens with zero attached hydrogens (tertiary/aromatic N) is 1. The Balaban J connectivity index is 1.91. The second-order valence-corrected chi connectivity index (χ2v) is 5.60. The Morgan fingerprint density at radius 1 is 1.40 bits per heavy atom. The summed E-state index contributed by atoms with van der Waals surface area (Å²) in [6, 6.07) is 8.12. The molecule has 0 saturated carbocycles. The third-order valence-corrected chi connectivity index (χ3v) is 3.79. The Morgan fingerprint density at radius 3 is 2.70 bits per heavy atom. The van der Waals surface area contributed by atoms with Gasteiger partial charge in [-0.05, 0) is 51.1 Å². The zero-order valence-electron chi connectivity index (χ0n) is 12.2. The van der Waals surface area contributed by atoms with E-state index >= 15 is 0 Å². The van der Waals surface area contributed by atoms with E-state index in [0.29, 0.717) is 12.1 Å². The maximum atomic E-state index is 10.8. The molecule has 0 bridgehead atoms. The van der Waals surface area contributed by atoms with Crippen LogP contribution in [0, 0.1) is 0 Å². The van der Waals surface area contributed by atoms with Crippen molar-refractivity contribution in [3.05, 3.63) is 29.8 Å². The SMILES string of the molecule is CC(NC1CCCN(C)C1)c1ccc(NC(N)=O)cc1. The number of carbonyl (C=O) groups is 1. The standard InChI is InChI=1S/C15H24N4O/c1-11(17-14-4-3-9-19(2)10-14)12-5-7-13(8-6-12)18-15(16)20/h5-8,11,14,17H,3-4,9-10H2,1-2H3,(H3,16,18,20). The molecule has 2 rings (SSSR count). The smallest absolute Gasteiger partial charge is 0.316 e. The molecule has 1 aliphatic heterocycles. The summed E-state index contributed by atoms with van der Waals surface area (Å²) in [7, 11) is 2.17. The van der Waals surface area contributed by atoms with Crippen LogP contribution >= 0.6 is 0 Å². The van der Waals surface area contributed by atoms with Gasteiger partial charge in [0, 0.05) is 24.3 Å². The van der Waals surface area contributed by atoms with Crippen LogP contribution in [0.2, 0.25) is 0 Å². The van der Waals surface area contributed by atoms with Crippen LogP contribution in [0.15, 0.2) is 24.3 Å². The minimum Gasteiger partial charge on any atom is -0.351 e. The molecule has 1 saturated heterocycles. The summed E-state index contributed by atoms with van der Waals surface area (Å²) in [6.45, 7) is 4.47. The van der Waals surface area contributed by atoms with Crippen molar-refractivity contribution in [1.29, 1.82) is 0 Å². The van der Waals surface area contributed by atoms with E-state index in [-0.39, 0.29) is 0 Å². The average molecular weight is 276 g/mol. The van der Waals surface area contributed by atoms with Crippen LogP contribution in [0.5, 0.6) is 0 Å². The lowest BCUT2D eigenvalue weighted by Crippen LogP contribution is -2.44. The maximum absolute atomic E-state index is 10.8. The van der Waals surface area contributed by atoms with Gasteiger partial charge >= 0.3 is 6.03 Å². The van der Waals surface area contributed by atoms with Crippen LogP contribution in [0.1, 0.15) is 31.4 Å². The van der Waals surface area contributed by atoms with E-state index in [9.17, 15) is 4.79 Å². The van der Waals surface area contributed by atoms with Gasteiger partial charge in [-0.25, -0.2) is 4.79 Å². The van der Waals surface area contributed by atoms with E-state index < -0.39 is 6.03 Å². The number of piperidine rings is 1. The number of hydrogen-bond donors (Lipinski definition) is 3. The van der Waals surface area contributed by atoms with Gasteiger partial charge in [0.1, 0.15) is 0 Å². The molecule has 0 aromatic heterocycles. The fraction of sp³-hybridized carbons (Fsp3) is 0.533. The number of primary amides is 1. The molecular weight excluding hydrogens is 252 g/mol. The van der Waals surface area contributed by atoms with Crippen LogP contribution in [0.4, 0.5) is 10.5 Å². The first-order valence-electron chi connectivity index (χ1n) is 7.15. The van der Waals surface area contributed by atoms with Crippen LogP contribution in [-0.4, -0.2) is 37.1 Å². The molecular formula is C15H24N4O. The quantitative estimate of drug-likeness (QED) is 0.787. The van der Waals surface area contributed by atoms with Gasteiger partial charge in [-0.15, -0.1) is 0 Å². The summed E-state index contributed by atoms with van der Waals surface area (Å²) in [5, 5.41) is 6.24. The third kappa shape index (κ3) is 4.21. The predicted molar refractivity (Wildman–Crippen MR) is 81.7 cm³/mol. The van der Waals surface area contributed by atoms with E-state index in [1.807, 2.05) is 24.3 Å². The number of likely N-dealkylation sites (tertiary alicyclic amines) is 1. The number of urea groups is 1. The fourth-order valence-corrected chi connectivity index (χ4v) is 2.75. The molecule has 1 heterocycles. The lowest BCUT2D eigenvalue weighted by molar-refractivity contribution is 0.218. The molecule has 4 N–H and O–H groups in total. The molecule has 5 nitrogen and oxygen atoms in total. The Kier molecular flexibility index (Phi) is 4.98. The van der Waals surface area contributed by atoms with Crippen molar-refractivity contribution in [2.24, 2.45) is 5.73 Å². The minimum atomic E-state index is -0.533. The third-order valence-electron chi connectivity index (χ3n) is 3.79. The van der Waals surface area contributed by atoms with E-state index in [4.69, 9.17) is 5.73 Å². The number of rotatable bonds is 4. The van der Waals surface area contributed by atoms with Gasteiger partial charge in [0.05, 0.1) is 0 Å². The summed E-state index contributed by atoms with van der Waals surface area (Å²) in [4.78, 5) is 13.1. The molecule has 0 aliphatic carbocycles. The molecule has 1 aliphatic rings. The number of anilines is 1. The molecule has 0 spiro atoms. The normalized spacial score (nSPS) is 21.4. The van der Waals surface area contributed by atoms with Crippen LogP contribution in [-0.2, 0) is 0 Å². The molecule has 0 radical (unpaired) electrons. The summed E-state index contributed by atoms with van der Waals surface area (Å²) < 4.78 is 0. The lowest BCUT2D eigenvalue weighted by atomic mass is 10.0. The van der Waals surface area contributed by atoms with Crippen LogP contribution in [0.25, 0.3) is 0 Å². The number of nitrogens with two attached hydrogens (primary N) is 1. The highest BCUT2D eigenvalue weighted by molar-refractivity contribution is 5.87. The van der Waals surface area contributed by atoms with Crippen molar-refractivity contribution in [1.82, 2.24) is 10.2 Å². The number of carbonyl (C=O) groups excluding carboxylic acids is 1. The monoisotopic (exact) mass is 276 g/mol. The summed E-state index contributed by atoms with van der Waals surface area (Å²) in [5.74, 6) is 0. The van der Waals surface area contributed by atoms with Crippen molar-refractivity contribution in [2.75, 3.05) is 25.5 Å². The van der Waals surface area contributed by atoms with E-state index in [0.717, 1.165) is 12.2 Å². The second-order valence-electron chi connectivity index (χ2n) is 5.60. The van der Waals surface area contributed by atoms with Gasteiger partial charge in [-0.2, -0.15) is 0 Å². The van der Waals surface area contributed by atoms with Crippen molar-refractivity contribution in [2.45, 2.75) is 31.8 Å². The Bertz CT molecular complexity index is 446. The highest BCUT2D eigenvalue weighted by atomic mass is 16.2. The molecule has 110 valence electrons. The Labute approximate surface area is 120 Å².